The Kier molecular flexibility index (Phi) is 2.78. The molecule has 0 unspecified atom stereocenters. The molecule has 3 nitrogen and oxygen atoms in total. The number of esters is 1. The molecule has 1 aromatic rings. The van der Waals surface area contributed by atoms with E-state index in [1.54, 1.807) is 11.3 Å². The van der Waals surface area contributed by atoms with Crippen LogP contribution < -0.4 is 0 Å². The number of thiazole rings is 1. The summed E-state index contributed by atoms with van der Waals surface area (Å²) >= 11 is 1.67. The van der Waals surface area contributed by atoms with Gasteiger partial charge in [-0.05, 0) is 19.8 Å². The minimum Gasteiger partial charge on any atom is -0.468 e. The lowest BCUT2D eigenvalue weighted by atomic mass is 10.0. The zero-order valence-corrected chi connectivity index (χ0v) is 11.0. The summed E-state index contributed by atoms with van der Waals surface area (Å²) in [5.74, 6) is 0.320. The van der Waals surface area contributed by atoms with Gasteiger partial charge in [-0.25, -0.2) is 4.98 Å². The zero-order valence-electron chi connectivity index (χ0n) is 10.2. The van der Waals surface area contributed by atoms with Crippen molar-refractivity contribution >= 4 is 17.3 Å². The van der Waals surface area contributed by atoms with E-state index in [-0.39, 0.29) is 11.4 Å². The molecule has 0 radical (unpaired) electrons. The van der Waals surface area contributed by atoms with E-state index in [0.717, 1.165) is 28.4 Å². The first-order valence-electron chi connectivity index (χ1n) is 5.57. The number of nitrogens with zero attached hydrogens (tertiary/aromatic N) is 1. The average molecular weight is 239 g/mol. The Morgan fingerprint density at radius 2 is 2.12 bits per heavy atom. The quantitative estimate of drug-likeness (QED) is 0.761. The molecule has 1 aliphatic rings. The van der Waals surface area contributed by atoms with Crippen molar-refractivity contribution in [3.05, 3.63) is 15.6 Å². The molecule has 16 heavy (non-hydrogen) atoms. The van der Waals surface area contributed by atoms with Gasteiger partial charge in [0.15, 0.2) is 0 Å². The third-order valence-electron chi connectivity index (χ3n) is 3.07. The summed E-state index contributed by atoms with van der Waals surface area (Å²) < 4.78 is 4.90. The number of hydrogen-bond acceptors (Lipinski definition) is 4. The molecule has 1 heterocycles. The van der Waals surface area contributed by atoms with Crippen LogP contribution in [0.5, 0.6) is 0 Å². The van der Waals surface area contributed by atoms with Crippen LogP contribution in [0, 0.1) is 6.92 Å². The predicted molar refractivity (Wildman–Crippen MR) is 63.9 cm³/mol. The Hall–Kier alpha value is -0.900. The van der Waals surface area contributed by atoms with Crippen LogP contribution in [0.3, 0.4) is 0 Å². The van der Waals surface area contributed by atoms with E-state index in [9.17, 15) is 4.79 Å². The number of methoxy groups -OCH3 is 1. The second-order valence-electron chi connectivity index (χ2n) is 4.70. The molecule has 4 heteroatoms. The fourth-order valence-corrected chi connectivity index (χ4v) is 3.26. The van der Waals surface area contributed by atoms with Crippen LogP contribution in [0.25, 0.3) is 0 Å². The Balaban J connectivity index is 2.37. The van der Waals surface area contributed by atoms with Gasteiger partial charge in [0.2, 0.25) is 0 Å². The van der Waals surface area contributed by atoms with E-state index in [0.29, 0.717) is 5.92 Å². The van der Waals surface area contributed by atoms with Crippen LogP contribution in [0.1, 0.15) is 48.2 Å². The summed E-state index contributed by atoms with van der Waals surface area (Å²) in [7, 11) is 1.46. The van der Waals surface area contributed by atoms with Gasteiger partial charge in [0.25, 0.3) is 0 Å². The van der Waals surface area contributed by atoms with Gasteiger partial charge in [-0.3, -0.25) is 4.79 Å². The molecule has 0 atom stereocenters. The van der Waals surface area contributed by atoms with Crippen LogP contribution in [-0.2, 0) is 14.9 Å². The third-order valence-corrected chi connectivity index (χ3v) is 4.73. The van der Waals surface area contributed by atoms with Crippen molar-refractivity contribution in [2.75, 3.05) is 7.11 Å². The summed E-state index contributed by atoms with van der Waals surface area (Å²) in [6.07, 6.45) is 1.81. The van der Waals surface area contributed by atoms with Crippen LogP contribution in [-0.4, -0.2) is 18.1 Å². The fraction of sp³-hybridized carbons (Fsp3) is 0.667. The van der Waals surface area contributed by atoms with Crippen molar-refractivity contribution in [1.82, 2.24) is 4.98 Å². The number of carbonyl (C=O) groups excluding carboxylic acids is 1. The SMILES string of the molecule is COC(=O)C1(c2sc(C(C)C)nc2C)CC1. The molecule has 1 fully saturated rings. The maximum absolute atomic E-state index is 11.8. The molecule has 0 amide bonds. The van der Waals surface area contributed by atoms with Crippen molar-refractivity contribution in [2.24, 2.45) is 0 Å². The maximum atomic E-state index is 11.8. The number of rotatable bonds is 3. The van der Waals surface area contributed by atoms with Gasteiger partial charge in [-0.2, -0.15) is 0 Å². The van der Waals surface area contributed by atoms with Crippen molar-refractivity contribution in [2.45, 2.75) is 44.9 Å². The monoisotopic (exact) mass is 239 g/mol. The number of hydrogen-bond donors (Lipinski definition) is 0. The van der Waals surface area contributed by atoms with Crippen LogP contribution in [0.15, 0.2) is 0 Å². The maximum Gasteiger partial charge on any atom is 0.317 e. The van der Waals surface area contributed by atoms with E-state index in [2.05, 4.69) is 18.8 Å². The van der Waals surface area contributed by atoms with Gasteiger partial charge >= 0.3 is 5.97 Å². The van der Waals surface area contributed by atoms with E-state index < -0.39 is 0 Å². The lowest BCUT2D eigenvalue weighted by Gasteiger charge is -2.10. The first-order chi connectivity index (χ1) is 7.51. The first-order valence-corrected chi connectivity index (χ1v) is 6.39. The molecule has 0 aromatic carbocycles. The largest absolute Gasteiger partial charge is 0.468 e. The highest BCUT2D eigenvalue weighted by atomic mass is 32.1. The Labute approximate surface area is 99.8 Å². The molecule has 0 N–H and O–H groups in total. The first kappa shape index (κ1) is 11.6. The number of aryl methyl sites for hydroxylation is 1. The molecule has 1 aliphatic carbocycles. The van der Waals surface area contributed by atoms with Gasteiger partial charge in [-0.1, -0.05) is 13.8 Å². The molecule has 0 bridgehead atoms. The normalized spacial score (nSPS) is 17.6. The highest BCUT2D eigenvalue weighted by molar-refractivity contribution is 7.12. The van der Waals surface area contributed by atoms with Crippen LogP contribution >= 0.6 is 11.3 Å². The predicted octanol–water partition coefficient (Wildman–Crippen LogP) is 2.78. The van der Waals surface area contributed by atoms with Gasteiger partial charge in [0.1, 0.15) is 5.41 Å². The molecule has 1 aromatic heterocycles. The number of aromatic nitrogens is 1. The second kappa shape index (κ2) is 3.84. The highest BCUT2D eigenvalue weighted by Crippen LogP contribution is 2.52. The van der Waals surface area contributed by atoms with E-state index in [1.165, 1.54) is 7.11 Å². The smallest absolute Gasteiger partial charge is 0.317 e. The van der Waals surface area contributed by atoms with Gasteiger partial charge in [0, 0.05) is 10.8 Å². The van der Waals surface area contributed by atoms with Crippen molar-refractivity contribution in [1.29, 1.82) is 0 Å². The summed E-state index contributed by atoms with van der Waals surface area (Å²) in [6, 6.07) is 0. The molecular formula is C12H17NO2S. The van der Waals surface area contributed by atoms with Gasteiger partial charge in [-0.15, -0.1) is 11.3 Å². The fourth-order valence-electron chi connectivity index (χ4n) is 1.95. The van der Waals surface area contributed by atoms with Crippen molar-refractivity contribution < 1.29 is 9.53 Å². The summed E-state index contributed by atoms with van der Waals surface area (Å²) in [4.78, 5) is 17.4. The number of carbonyl (C=O) groups is 1. The Morgan fingerprint density at radius 3 is 2.50 bits per heavy atom. The van der Waals surface area contributed by atoms with E-state index >= 15 is 0 Å². The summed E-state index contributed by atoms with van der Waals surface area (Å²) in [5, 5.41) is 1.11. The third kappa shape index (κ3) is 1.65. The Bertz CT molecular complexity index is 419. The molecule has 88 valence electrons. The van der Waals surface area contributed by atoms with Crippen LogP contribution in [0.4, 0.5) is 0 Å². The second-order valence-corrected chi connectivity index (χ2v) is 5.73. The van der Waals surface area contributed by atoms with Crippen molar-refractivity contribution in [3.63, 3.8) is 0 Å². The summed E-state index contributed by atoms with van der Waals surface area (Å²) in [6.45, 7) is 6.24. The average Bonchev–Trinajstić information content (AvgIpc) is 2.95. The molecule has 2 rings (SSSR count). The van der Waals surface area contributed by atoms with Gasteiger partial charge < -0.3 is 4.74 Å². The highest BCUT2D eigenvalue weighted by Gasteiger charge is 2.54. The molecule has 0 spiro atoms. The standard InChI is InChI=1S/C12H17NO2S/c1-7(2)10-13-8(3)9(16-10)12(5-6-12)11(14)15-4/h7H,5-6H2,1-4H3. The topological polar surface area (TPSA) is 39.2 Å². The van der Waals surface area contributed by atoms with E-state index in [1.807, 2.05) is 6.92 Å². The summed E-state index contributed by atoms with van der Waals surface area (Å²) in [5.41, 5.74) is 0.639. The van der Waals surface area contributed by atoms with Crippen LogP contribution in [0.2, 0.25) is 0 Å². The lowest BCUT2D eigenvalue weighted by Crippen LogP contribution is -2.21. The molecule has 0 saturated heterocycles. The lowest BCUT2D eigenvalue weighted by molar-refractivity contribution is -0.143. The zero-order chi connectivity index (χ0) is 11.9. The molecular weight excluding hydrogens is 222 g/mol. The minimum absolute atomic E-state index is 0.102. The Morgan fingerprint density at radius 1 is 1.50 bits per heavy atom. The minimum atomic E-state index is -0.358. The number of ether oxygens (including phenoxy) is 1. The molecule has 0 aliphatic heterocycles. The van der Waals surface area contributed by atoms with Gasteiger partial charge in [0.05, 0.1) is 17.8 Å². The van der Waals surface area contributed by atoms with E-state index in [4.69, 9.17) is 4.74 Å². The molecule has 1 saturated carbocycles. The van der Waals surface area contributed by atoms with Crippen molar-refractivity contribution in [3.8, 4) is 0 Å².